The summed E-state index contributed by atoms with van der Waals surface area (Å²) in [5.41, 5.74) is 0.389. The second kappa shape index (κ2) is 6.25. The van der Waals surface area contributed by atoms with E-state index in [0.29, 0.717) is 5.57 Å². The maximum atomic E-state index is 13.3. The largest absolute Gasteiger partial charge is 0.485 e. The van der Waals surface area contributed by atoms with Gasteiger partial charge in [-0.3, -0.25) is 0 Å². The molecule has 0 aliphatic rings. The Bertz CT molecular complexity index is 423. The monoisotopic (exact) mass is 258 g/mol. The predicted molar refractivity (Wildman–Crippen MR) is 62.7 cm³/mol. The summed E-state index contributed by atoms with van der Waals surface area (Å²) in [5, 5.41) is 0.189. The summed E-state index contributed by atoms with van der Waals surface area (Å²) < 4.78 is 22.9. The van der Waals surface area contributed by atoms with E-state index < -0.39 is 11.8 Å². The number of carbonyl (C=O) groups excluding carboxylic acids is 1. The third kappa shape index (κ3) is 3.75. The van der Waals surface area contributed by atoms with Crippen molar-refractivity contribution in [1.82, 2.24) is 0 Å². The molecule has 92 valence electrons. The van der Waals surface area contributed by atoms with Gasteiger partial charge in [0.05, 0.1) is 12.1 Å². The smallest absolute Gasteiger partial charge is 0.333 e. The molecular formula is C12H12ClFO3. The summed E-state index contributed by atoms with van der Waals surface area (Å²) in [6.45, 7) is 1.62. The van der Waals surface area contributed by atoms with Crippen LogP contribution >= 0.6 is 11.6 Å². The average molecular weight is 259 g/mol. The van der Waals surface area contributed by atoms with E-state index in [2.05, 4.69) is 4.74 Å². The lowest BCUT2D eigenvalue weighted by Crippen LogP contribution is -2.04. The van der Waals surface area contributed by atoms with E-state index in [-0.39, 0.29) is 17.4 Å². The molecule has 1 rings (SSSR count). The predicted octanol–water partition coefficient (Wildman–Crippen LogP) is 2.98. The third-order valence-corrected chi connectivity index (χ3v) is 2.34. The van der Waals surface area contributed by atoms with Gasteiger partial charge in [-0.05, 0) is 25.1 Å². The number of carbonyl (C=O) groups is 1. The Morgan fingerprint density at radius 3 is 2.82 bits per heavy atom. The standard InChI is InChI=1S/C12H12ClFO3/c1-8(12(15)16-2)6-7-17-11-9(13)4-3-5-10(11)14/h3-6H,7H2,1-2H3/b8-6+. The molecule has 5 heteroatoms. The van der Waals surface area contributed by atoms with Gasteiger partial charge in [0, 0.05) is 5.57 Å². The summed E-state index contributed by atoms with van der Waals surface area (Å²) >= 11 is 5.76. The van der Waals surface area contributed by atoms with Crippen LogP contribution in [0.2, 0.25) is 5.02 Å². The Labute approximate surface area is 104 Å². The van der Waals surface area contributed by atoms with Crippen LogP contribution < -0.4 is 4.74 Å². The van der Waals surface area contributed by atoms with Gasteiger partial charge in [-0.15, -0.1) is 0 Å². The van der Waals surface area contributed by atoms with Gasteiger partial charge >= 0.3 is 5.97 Å². The molecule has 17 heavy (non-hydrogen) atoms. The molecule has 1 aromatic rings. The second-order valence-electron chi connectivity index (χ2n) is 3.24. The topological polar surface area (TPSA) is 35.5 Å². The lowest BCUT2D eigenvalue weighted by atomic mass is 10.3. The summed E-state index contributed by atoms with van der Waals surface area (Å²) in [6, 6.07) is 4.26. The van der Waals surface area contributed by atoms with E-state index in [0.717, 1.165) is 0 Å². The first-order valence-corrected chi connectivity index (χ1v) is 5.26. The highest BCUT2D eigenvalue weighted by Crippen LogP contribution is 2.27. The molecule has 3 nitrogen and oxygen atoms in total. The molecule has 0 amide bonds. The van der Waals surface area contributed by atoms with Crippen LogP contribution in [0.15, 0.2) is 29.8 Å². The van der Waals surface area contributed by atoms with Crippen molar-refractivity contribution in [3.05, 3.63) is 40.7 Å². The van der Waals surface area contributed by atoms with E-state index in [4.69, 9.17) is 16.3 Å². The zero-order chi connectivity index (χ0) is 12.8. The molecule has 0 aliphatic heterocycles. The van der Waals surface area contributed by atoms with E-state index >= 15 is 0 Å². The number of ether oxygens (including phenoxy) is 2. The number of esters is 1. The molecule has 0 heterocycles. The van der Waals surface area contributed by atoms with Gasteiger partial charge in [-0.1, -0.05) is 17.7 Å². The highest BCUT2D eigenvalue weighted by molar-refractivity contribution is 6.32. The minimum absolute atomic E-state index is 0.0249. The normalized spacial score (nSPS) is 11.2. The Hall–Kier alpha value is -1.55. The number of halogens is 2. The van der Waals surface area contributed by atoms with Crippen LogP contribution in [0.4, 0.5) is 4.39 Å². The molecule has 0 saturated heterocycles. The fourth-order valence-corrected chi connectivity index (χ4v) is 1.33. The minimum atomic E-state index is -0.540. The van der Waals surface area contributed by atoms with Gasteiger partial charge < -0.3 is 9.47 Å². The van der Waals surface area contributed by atoms with Crippen molar-refractivity contribution in [2.45, 2.75) is 6.92 Å². The molecule has 0 spiro atoms. The summed E-state index contributed by atoms with van der Waals surface area (Å²) in [4.78, 5) is 11.0. The number of benzene rings is 1. The van der Waals surface area contributed by atoms with Gasteiger partial charge in [0.2, 0.25) is 0 Å². The van der Waals surface area contributed by atoms with Crippen molar-refractivity contribution in [2.75, 3.05) is 13.7 Å². The maximum absolute atomic E-state index is 13.3. The van der Waals surface area contributed by atoms with Gasteiger partial charge in [0.15, 0.2) is 11.6 Å². The highest BCUT2D eigenvalue weighted by Gasteiger charge is 2.08. The van der Waals surface area contributed by atoms with Crippen LogP contribution in [0.1, 0.15) is 6.92 Å². The molecule has 0 aliphatic carbocycles. The van der Waals surface area contributed by atoms with E-state index in [1.165, 1.54) is 31.4 Å². The molecule has 0 atom stereocenters. The van der Waals surface area contributed by atoms with Crippen LogP contribution in [-0.2, 0) is 9.53 Å². The van der Waals surface area contributed by atoms with Gasteiger partial charge in [0.1, 0.15) is 6.61 Å². The van der Waals surface area contributed by atoms with Crippen molar-refractivity contribution in [3.63, 3.8) is 0 Å². The molecule has 0 aromatic heterocycles. The van der Waals surface area contributed by atoms with Crippen molar-refractivity contribution >= 4 is 17.6 Å². The molecule has 0 unspecified atom stereocenters. The number of para-hydroxylation sites is 1. The lowest BCUT2D eigenvalue weighted by molar-refractivity contribution is -0.136. The molecule has 0 radical (unpaired) electrons. The maximum Gasteiger partial charge on any atom is 0.333 e. The quantitative estimate of drug-likeness (QED) is 0.615. The van der Waals surface area contributed by atoms with Crippen molar-refractivity contribution in [3.8, 4) is 5.75 Å². The number of hydrogen-bond acceptors (Lipinski definition) is 3. The van der Waals surface area contributed by atoms with Crippen LogP contribution in [0, 0.1) is 5.82 Å². The Morgan fingerprint density at radius 1 is 1.53 bits per heavy atom. The minimum Gasteiger partial charge on any atom is -0.485 e. The number of methoxy groups -OCH3 is 1. The fourth-order valence-electron chi connectivity index (χ4n) is 1.11. The molecule has 1 aromatic carbocycles. The van der Waals surface area contributed by atoms with E-state index in [1.807, 2.05) is 0 Å². The molecule has 0 N–H and O–H groups in total. The van der Waals surface area contributed by atoms with Crippen molar-refractivity contribution < 1.29 is 18.7 Å². The molecular weight excluding hydrogens is 247 g/mol. The highest BCUT2D eigenvalue weighted by atomic mass is 35.5. The first kappa shape index (κ1) is 13.5. The van der Waals surface area contributed by atoms with Crippen LogP contribution in [0.25, 0.3) is 0 Å². The molecule has 0 fully saturated rings. The average Bonchev–Trinajstić information content (AvgIpc) is 2.31. The Morgan fingerprint density at radius 2 is 2.24 bits per heavy atom. The summed E-state index contributed by atoms with van der Waals surface area (Å²) in [5.74, 6) is -1.02. The van der Waals surface area contributed by atoms with Gasteiger partial charge in [-0.25, -0.2) is 9.18 Å². The molecule has 0 bridgehead atoms. The van der Waals surface area contributed by atoms with Crippen molar-refractivity contribution in [2.24, 2.45) is 0 Å². The van der Waals surface area contributed by atoms with Crippen molar-refractivity contribution in [1.29, 1.82) is 0 Å². The SMILES string of the molecule is COC(=O)/C(C)=C/COc1c(F)cccc1Cl. The van der Waals surface area contributed by atoms with E-state index in [9.17, 15) is 9.18 Å². The number of rotatable bonds is 4. The fraction of sp³-hybridized carbons (Fsp3) is 0.250. The molecule has 0 saturated carbocycles. The first-order valence-electron chi connectivity index (χ1n) is 4.88. The Balaban J connectivity index is 2.66. The first-order chi connectivity index (χ1) is 8.06. The lowest BCUT2D eigenvalue weighted by Gasteiger charge is -2.06. The van der Waals surface area contributed by atoms with Crippen LogP contribution in [0.5, 0.6) is 5.75 Å². The van der Waals surface area contributed by atoms with Crippen LogP contribution in [0.3, 0.4) is 0 Å². The zero-order valence-electron chi connectivity index (χ0n) is 9.50. The zero-order valence-corrected chi connectivity index (χ0v) is 10.3. The van der Waals surface area contributed by atoms with Gasteiger partial charge in [0.25, 0.3) is 0 Å². The summed E-state index contributed by atoms with van der Waals surface area (Å²) in [7, 11) is 1.29. The summed E-state index contributed by atoms with van der Waals surface area (Å²) in [6.07, 6.45) is 1.49. The third-order valence-electron chi connectivity index (χ3n) is 2.04. The second-order valence-corrected chi connectivity index (χ2v) is 3.65. The number of hydrogen-bond donors (Lipinski definition) is 0. The Kier molecular flexibility index (Phi) is 4.97. The van der Waals surface area contributed by atoms with E-state index in [1.54, 1.807) is 6.92 Å². The van der Waals surface area contributed by atoms with Crippen LogP contribution in [-0.4, -0.2) is 19.7 Å². The van der Waals surface area contributed by atoms with Gasteiger partial charge in [-0.2, -0.15) is 0 Å².